The molecule has 0 atom stereocenters. The second-order valence-corrected chi connectivity index (χ2v) is 8.13. The van der Waals surface area contributed by atoms with Crippen LogP contribution in [0.4, 0.5) is 16.3 Å². The van der Waals surface area contributed by atoms with E-state index < -0.39 is 0 Å². The molecule has 1 aliphatic rings. The number of aryl methyl sites for hydroxylation is 2. The second kappa shape index (κ2) is 10.1. The van der Waals surface area contributed by atoms with Crippen LogP contribution in [0.25, 0.3) is 0 Å². The lowest BCUT2D eigenvalue weighted by Gasteiger charge is -2.36. The summed E-state index contributed by atoms with van der Waals surface area (Å²) in [5, 5.41) is 11.8. The van der Waals surface area contributed by atoms with E-state index in [2.05, 4.69) is 47.5 Å². The molecule has 3 aromatic rings. The van der Waals surface area contributed by atoms with Crippen molar-refractivity contribution in [3.8, 4) is 6.07 Å². The van der Waals surface area contributed by atoms with Gasteiger partial charge in [0.25, 0.3) is 0 Å². The molecular weight excluding hydrogens is 412 g/mol. The molecule has 2 aromatic carbocycles. The number of hydrogen-bond acceptors (Lipinski definition) is 5. The van der Waals surface area contributed by atoms with E-state index in [0.717, 1.165) is 30.2 Å². The zero-order chi connectivity index (χ0) is 23.2. The van der Waals surface area contributed by atoms with E-state index in [1.807, 2.05) is 17.9 Å². The lowest BCUT2D eigenvalue weighted by molar-refractivity contribution is 0.208. The molecule has 1 aromatic heterocycles. The van der Waals surface area contributed by atoms with Crippen LogP contribution in [0.3, 0.4) is 0 Å². The Labute approximate surface area is 194 Å². The average Bonchev–Trinajstić information content (AvgIpc) is 2.86. The van der Waals surface area contributed by atoms with Gasteiger partial charge in [0.05, 0.1) is 11.6 Å². The zero-order valence-corrected chi connectivity index (χ0v) is 19.1. The Bertz CT molecular complexity index is 1150. The smallest absolute Gasteiger partial charge is 0.321 e. The molecule has 4 rings (SSSR count). The normalized spacial score (nSPS) is 13.5. The van der Waals surface area contributed by atoms with Gasteiger partial charge in [-0.1, -0.05) is 37.3 Å². The number of urea groups is 1. The van der Waals surface area contributed by atoms with Gasteiger partial charge in [0.15, 0.2) is 0 Å². The molecule has 0 radical (unpaired) electrons. The minimum absolute atomic E-state index is 0.128. The number of nitriles is 1. The number of amides is 2. The van der Waals surface area contributed by atoms with Crippen molar-refractivity contribution in [2.75, 3.05) is 36.4 Å². The standard InChI is InChI=1S/C26H28N6O/c1-3-24-23(17-20-7-5-4-6-8-20)25(29-19(2)28-24)31-13-15-32(16-14-31)26(33)30-22-11-9-21(18-27)10-12-22/h4-12H,3,13-17H2,1-2H3,(H,30,33). The number of benzene rings is 2. The van der Waals surface area contributed by atoms with Crippen molar-refractivity contribution >= 4 is 17.5 Å². The summed E-state index contributed by atoms with van der Waals surface area (Å²) in [5.41, 5.74) is 4.75. The third-order valence-corrected chi connectivity index (χ3v) is 5.87. The zero-order valence-electron chi connectivity index (χ0n) is 19.1. The summed E-state index contributed by atoms with van der Waals surface area (Å²) in [6, 6.07) is 19.3. The van der Waals surface area contributed by atoms with Gasteiger partial charge in [-0.2, -0.15) is 5.26 Å². The van der Waals surface area contributed by atoms with Crippen molar-refractivity contribution in [3.05, 3.63) is 82.8 Å². The number of nitrogens with zero attached hydrogens (tertiary/aromatic N) is 5. The third-order valence-electron chi connectivity index (χ3n) is 5.87. The van der Waals surface area contributed by atoms with Crippen LogP contribution in [0.1, 0.15) is 35.1 Å². The average molecular weight is 441 g/mol. The molecule has 7 heteroatoms. The third kappa shape index (κ3) is 5.29. The van der Waals surface area contributed by atoms with Gasteiger partial charge in [0.2, 0.25) is 0 Å². The number of anilines is 2. The van der Waals surface area contributed by atoms with Crippen LogP contribution < -0.4 is 10.2 Å². The number of carbonyl (C=O) groups excluding carboxylic acids is 1. The topological polar surface area (TPSA) is 85.2 Å². The minimum atomic E-state index is -0.128. The summed E-state index contributed by atoms with van der Waals surface area (Å²) in [7, 11) is 0. The first-order valence-corrected chi connectivity index (χ1v) is 11.3. The van der Waals surface area contributed by atoms with Gasteiger partial charge in [-0.3, -0.25) is 0 Å². The summed E-state index contributed by atoms with van der Waals surface area (Å²) < 4.78 is 0. The van der Waals surface area contributed by atoms with Gasteiger partial charge in [-0.05, 0) is 43.2 Å². The van der Waals surface area contributed by atoms with Crippen molar-refractivity contribution in [2.24, 2.45) is 0 Å². The van der Waals surface area contributed by atoms with Crippen LogP contribution in [0.5, 0.6) is 0 Å². The Morgan fingerprint density at radius 2 is 1.73 bits per heavy atom. The van der Waals surface area contributed by atoms with E-state index >= 15 is 0 Å². The predicted octanol–water partition coefficient (Wildman–Crippen LogP) is 4.16. The largest absolute Gasteiger partial charge is 0.353 e. The molecule has 2 amide bonds. The fourth-order valence-corrected chi connectivity index (χ4v) is 4.12. The molecule has 33 heavy (non-hydrogen) atoms. The van der Waals surface area contributed by atoms with E-state index in [0.29, 0.717) is 37.4 Å². The maximum atomic E-state index is 12.7. The Morgan fingerprint density at radius 1 is 1.03 bits per heavy atom. The molecule has 168 valence electrons. The van der Waals surface area contributed by atoms with Crippen LogP contribution >= 0.6 is 0 Å². The molecular formula is C26H28N6O. The quantitative estimate of drug-likeness (QED) is 0.644. The van der Waals surface area contributed by atoms with E-state index in [-0.39, 0.29) is 6.03 Å². The molecule has 0 aliphatic carbocycles. The van der Waals surface area contributed by atoms with Crippen LogP contribution in [-0.2, 0) is 12.8 Å². The number of aromatic nitrogens is 2. The number of piperazine rings is 1. The molecule has 0 saturated carbocycles. The first-order valence-electron chi connectivity index (χ1n) is 11.3. The lowest BCUT2D eigenvalue weighted by atomic mass is 10.0. The van der Waals surface area contributed by atoms with Crippen LogP contribution in [0.2, 0.25) is 0 Å². The number of carbonyl (C=O) groups is 1. The van der Waals surface area contributed by atoms with Crippen molar-refractivity contribution in [1.29, 1.82) is 5.26 Å². The Hall–Kier alpha value is -3.92. The van der Waals surface area contributed by atoms with Crippen LogP contribution in [-0.4, -0.2) is 47.1 Å². The second-order valence-electron chi connectivity index (χ2n) is 8.13. The van der Waals surface area contributed by atoms with Gasteiger partial charge < -0.3 is 15.1 Å². The molecule has 1 N–H and O–H groups in total. The number of nitrogens with one attached hydrogen (secondary N) is 1. The van der Waals surface area contributed by atoms with Crippen LogP contribution in [0.15, 0.2) is 54.6 Å². The Morgan fingerprint density at radius 3 is 2.36 bits per heavy atom. The van der Waals surface area contributed by atoms with Crippen molar-refractivity contribution in [1.82, 2.24) is 14.9 Å². The van der Waals surface area contributed by atoms with Gasteiger partial charge in [-0.25, -0.2) is 14.8 Å². The SMILES string of the molecule is CCc1nc(C)nc(N2CCN(C(=O)Nc3ccc(C#N)cc3)CC2)c1Cc1ccccc1. The summed E-state index contributed by atoms with van der Waals surface area (Å²) in [6.45, 7) is 6.71. The van der Waals surface area contributed by atoms with Crippen molar-refractivity contribution in [2.45, 2.75) is 26.7 Å². The fraction of sp³-hybridized carbons (Fsp3) is 0.308. The highest BCUT2D eigenvalue weighted by Gasteiger charge is 2.25. The highest BCUT2D eigenvalue weighted by Crippen LogP contribution is 2.26. The summed E-state index contributed by atoms with van der Waals surface area (Å²) in [5.74, 6) is 1.76. The molecule has 0 spiro atoms. The summed E-state index contributed by atoms with van der Waals surface area (Å²) >= 11 is 0. The molecule has 2 heterocycles. The van der Waals surface area contributed by atoms with E-state index in [9.17, 15) is 4.79 Å². The lowest BCUT2D eigenvalue weighted by Crippen LogP contribution is -2.50. The fourth-order valence-electron chi connectivity index (χ4n) is 4.12. The van der Waals surface area contributed by atoms with Gasteiger partial charge >= 0.3 is 6.03 Å². The maximum absolute atomic E-state index is 12.7. The van der Waals surface area contributed by atoms with Crippen molar-refractivity contribution < 1.29 is 4.79 Å². The molecule has 0 bridgehead atoms. The predicted molar refractivity (Wildman–Crippen MR) is 129 cm³/mol. The first-order chi connectivity index (χ1) is 16.1. The molecule has 1 saturated heterocycles. The molecule has 7 nitrogen and oxygen atoms in total. The van der Waals surface area contributed by atoms with E-state index in [1.165, 1.54) is 11.1 Å². The molecule has 1 aliphatic heterocycles. The molecule has 1 fully saturated rings. The number of rotatable bonds is 5. The number of hydrogen-bond donors (Lipinski definition) is 1. The van der Waals surface area contributed by atoms with E-state index in [4.69, 9.17) is 15.2 Å². The highest BCUT2D eigenvalue weighted by molar-refractivity contribution is 5.89. The maximum Gasteiger partial charge on any atom is 0.321 e. The van der Waals surface area contributed by atoms with Crippen LogP contribution in [0, 0.1) is 18.3 Å². The minimum Gasteiger partial charge on any atom is -0.353 e. The van der Waals surface area contributed by atoms with Gasteiger partial charge in [0, 0.05) is 49.5 Å². The Kier molecular flexibility index (Phi) is 6.84. The first kappa shape index (κ1) is 22.3. The van der Waals surface area contributed by atoms with E-state index in [1.54, 1.807) is 24.3 Å². The van der Waals surface area contributed by atoms with Gasteiger partial charge in [0.1, 0.15) is 11.6 Å². The highest BCUT2D eigenvalue weighted by atomic mass is 16.2. The Balaban J connectivity index is 1.47. The monoisotopic (exact) mass is 440 g/mol. The van der Waals surface area contributed by atoms with Gasteiger partial charge in [-0.15, -0.1) is 0 Å². The van der Waals surface area contributed by atoms with Crippen molar-refractivity contribution in [3.63, 3.8) is 0 Å². The molecule has 0 unspecified atom stereocenters. The summed E-state index contributed by atoms with van der Waals surface area (Å²) in [4.78, 5) is 26.4. The summed E-state index contributed by atoms with van der Waals surface area (Å²) in [6.07, 6.45) is 1.64.